The monoisotopic (exact) mass is 731 g/mol. The maximum atomic E-state index is 12.6. The number of ether oxygens (including phenoxy) is 5. The molecule has 0 aromatic carbocycles. The van der Waals surface area contributed by atoms with Gasteiger partial charge in [-0.05, 0) is 19.4 Å². The molecule has 274 valence electrons. The first-order valence-corrected chi connectivity index (χ1v) is 17.1. The van der Waals surface area contributed by atoms with Gasteiger partial charge in [-0.25, -0.2) is 0 Å². The quantitative estimate of drug-likeness (QED) is 0.0245. The average Bonchev–Trinajstić information content (AvgIpc) is 3.06. The van der Waals surface area contributed by atoms with E-state index in [-0.39, 0.29) is 42.8 Å². The summed E-state index contributed by atoms with van der Waals surface area (Å²) < 4.78 is 27.0. The Morgan fingerprint density at radius 2 is 1.02 bits per heavy atom. The van der Waals surface area contributed by atoms with Crippen LogP contribution in [-0.4, -0.2) is 150 Å². The second-order valence-corrected chi connectivity index (χ2v) is 10.9. The van der Waals surface area contributed by atoms with Crippen LogP contribution in [0.2, 0.25) is 0 Å². The van der Waals surface area contributed by atoms with E-state index < -0.39 is 47.8 Å². The van der Waals surface area contributed by atoms with Crippen molar-refractivity contribution in [2.75, 3.05) is 96.4 Å². The summed E-state index contributed by atoms with van der Waals surface area (Å²) in [5.74, 6) is -2.83. The third-order valence-corrected chi connectivity index (χ3v) is 7.15. The second kappa shape index (κ2) is 30.2. The Labute approximate surface area is 292 Å². The number of carbonyl (C=O) groups excluding carboxylic acids is 5. The van der Waals surface area contributed by atoms with Crippen LogP contribution >= 0.6 is 37.9 Å². The summed E-state index contributed by atoms with van der Waals surface area (Å²) in [5.41, 5.74) is 16.3. The summed E-state index contributed by atoms with van der Waals surface area (Å²) in [6.07, 6.45) is 1.25. The van der Waals surface area contributed by atoms with Crippen molar-refractivity contribution in [2.24, 2.45) is 17.2 Å². The molecule has 0 aliphatic carbocycles. The molecule has 47 heavy (non-hydrogen) atoms. The predicted octanol–water partition coefficient (Wildman–Crippen LogP) is -3.63. The van der Waals surface area contributed by atoms with E-state index in [1.165, 1.54) is 0 Å². The van der Waals surface area contributed by atoms with E-state index >= 15 is 0 Å². The van der Waals surface area contributed by atoms with Gasteiger partial charge >= 0.3 is 0 Å². The Bertz CT molecular complexity index is 898. The van der Waals surface area contributed by atoms with Gasteiger partial charge in [0.2, 0.25) is 29.5 Å². The van der Waals surface area contributed by atoms with Crippen LogP contribution < -0.4 is 38.5 Å². The number of amides is 5. The molecule has 4 atom stereocenters. The number of hydrogen-bond acceptors (Lipinski definition) is 15. The first kappa shape index (κ1) is 45.1. The fraction of sp³-hybridized carbons (Fsp3) is 0.815. The van der Waals surface area contributed by atoms with Crippen LogP contribution in [0.25, 0.3) is 0 Å². The molecule has 0 heterocycles. The topological polar surface area (TPSA) is 258 Å². The zero-order valence-corrected chi connectivity index (χ0v) is 29.4. The molecule has 0 spiro atoms. The summed E-state index contributed by atoms with van der Waals surface area (Å²) >= 11 is 12.1. The van der Waals surface area contributed by atoms with Crippen molar-refractivity contribution in [3.8, 4) is 0 Å². The van der Waals surface area contributed by atoms with Crippen molar-refractivity contribution in [2.45, 2.75) is 43.4 Å². The van der Waals surface area contributed by atoms with Crippen LogP contribution in [-0.2, 0) is 47.7 Å². The molecule has 0 radical (unpaired) electrons. The van der Waals surface area contributed by atoms with Crippen LogP contribution in [0, 0.1) is 0 Å². The lowest BCUT2D eigenvalue weighted by Crippen LogP contribution is -2.57. The zero-order chi connectivity index (χ0) is 35.3. The maximum Gasteiger partial charge on any atom is 0.244 e. The highest BCUT2D eigenvalue weighted by Gasteiger charge is 2.27. The van der Waals surface area contributed by atoms with Crippen LogP contribution in [0.4, 0.5) is 0 Å². The Hall–Kier alpha value is -1.88. The summed E-state index contributed by atoms with van der Waals surface area (Å²) in [7, 11) is 0. The number of carbonyl (C=O) groups is 5. The maximum absolute atomic E-state index is 12.6. The molecule has 1 unspecified atom stereocenters. The van der Waals surface area contributed by atoms with Gasteiger partial charge in [0.15, 0.2) is 0 Å². The Kier molecular flexibility index (Phi) is 29.0. The van der Waals surface area contributed by atoms with Crippen LogP contribution in [0.3, 0.4) is 0 Å². The molecule has 10 N–H and O–H groups in total. The van der Waals surface area contributed by atoms with Crippen LogP contribution in [0.1, 0.15) is 19.3 Å². The van der Waals surface area contributed by atoms with Gasteiger partial charge in [-0.15, -0.1) is 0 Å². The zero-order valence-electron chi connectivity index (χ0n) is 26.7. The number of nitrogens with two attached hydrogens (primary N) is 3. The molecule has 0 aromatic heterocycles. The lowest BCUT2D eigenvalue weighted by atomic mass is 10.1. The van der Waals surface area contributed by atoms with E-state index in [0.29, 0.717) is 78.8 Å². The van der Waals surface area contributed by atoms with E-state index in [1.807, 2.05) is 0 Å². The van der Waals surface area contributed by atoms with Crippen LogP contribution in [0.5, 0.6) is 0 Å². The number of thiol groups is 3. The Balaban J connectivity index is 3.79. The van der Waals surface area contributed by atoms with Gasteiger partial charge in [-0.1, -0.05) is 0 Å². The minimum Gasteiger partial charge on any atom is -0.379 e. The molecule has 0 bridgehead atoms. The molecule has 0 aliphatic heterocycles. The van der Waals surface area contributed by atoms with Gasteiger partial charge in [0.25, 0.3) is 0 Å². The molecule has 20 heteroatoms. The highest BCUT2D eigenvalue weighted by Crippen LogP contribution is 1.98. The predicted molar refractivity (Wildman–Crippen MR) is 185 cm³/mol. The van der Waals surface area contributed by atoms with E-state index in [4.69, 9.17) is 40.9 Å². The molecule has 0 saturated heterocycles. The van der Waals surface area contributed by atoms with Gasteiger partial charge in [-0.2, -0.15) is 37.9 Å². The highest BCUT2D eigenvalue weighted by molar-refractivity contribution is 7.80. The highest BCUT2D eigenvalue weighted by atomic mass is 32.1. The van der Waals surface area contributed by atoms with Crippen molar-refractivity contribution in [1.82, 2.24) is 21.3 Å². The molecule has 0 rings (SSSR count). The van der Waals surface area contributed by atoms with Gasteiger partial charge < -0.3 is 62.2 Å². The summed E-state index contributed by atoms with van der Waals surface area (Å²) in [6.45, 7) is 4.21. The van der Waals surface area contributed by atoms with E-state index in [9.17, 15) is 24.0 Å². The number of rotatable bonds is 31. The van der Waals surface area contributed by atoms with E-state index in [1.54, 1.807) is 0 Å². The molecule has 17 nitrogen and oxygen atoms in total. The summed E-state index contributed by atoms with van der Waals surface area (Å²) in [4.78, 5) is 60.3. The molecule has 0 aliphatic rings. The Morgan fingerprint density at radius 1 is 0.596 bits per heavy atom. The minimum absolute atomic E-state index is 0.00861. The van der Waals surface area contributed by atoms with Crippen molar-refractivity contribution < 1.29 is 47.7 Å². The lowest BCUT2D eigenvalue weighted by Gasteiger charge is -2.22. The van der Waals surface area contributed by atoms with Gasteiger partial charge in [0, 0.05) is 30.2 Å². The van der Waals surface area contributed by atoms with Crippen molar-refractivity contribution in [3.63, 3.8) is 0 Å². The number of primary amides is 1. The molecule has 0 fully saturated rings. The fourth-order valence-electron chi connectivity index (χ4n) is 3.40. The first-order valence-electron chi connectivity index (χ1n) is 15.2. The van der Waals surface area contributed by atoms with E-state index in [2.05, 4.69) is 59.2 Å². The smallest absolute Gasteiger partial charge is 0.244 e. The van der Waals surface area contributed by atoms with Gasteiger partial charge in [0.1, 0.15) is 18.1 Å². The molecular weight excluding hydrogens is 679 g/mol. The standard InChI is InChI=1S/C27H53N7O10S3/c28-4-1-2-19(29)25(37)31-5-7-41-9-11-43-13-15-44-14-12-42-10-8-40-6-3-23(35)32-21(17-46)26(38)34-22(18-47)27(39)33-20(16-45)24(30)36/h19-22,45-47H,1-18,28-29H2,(H2,30,36)(H,31,37)(H,32,35)(H,33,39)(H,34,38)/t19?,20-,21-,22-/m0/s1. The number of hydrogen-bond donors (Lipinski definition) is 10. The van der Waals surface area contributed by atoms with Gasteiger partial charge in [0.05, 0.1) is 72.1 Å². The molecule has 0 saturated carbocycles. The van der Waals surface area contributed by atoms with E-state index in [0.717, 1.165) is 0 Å². The normalized spacial score (nSPS) is 13.6. The molecule has 0 aromatic rings. The second-order valence-electron chi connectivity index (χ2n) is 9.83. The third-order valence-electron chi connectivity index (χ3n) is 6.06. The minimum atomic E-state index is -1.07. The summed E-state index contributed by atoms with van der Waals surface area (Å²) in [5, 5.41) is 10.1. The lowest BCUT2D eigenvalue weighted by molar-refractivity contribution is -0.132. The largest absolute Gasteiger partial charge is 0.379 e. The van der Waals surface area contributed by atoms with Crippen molar-refractivity contribution >= 4 is 67.4 Å². The SMILES string of the molecule is NCCCC(N)C(=O)NCCOCCOCCOCCOCCOCCC(=O)N[C@@H](CS)C(=O)N[C@@H](CS)C(=O)N[C@@H](CS)C(N)=O. The number of nitrogens with one attached hydrogen (secondary N) is 4. The van der Waals surface area contributed by atoms with Gasteiger partial charge in [-0.3, -0.25) is 24.0 Å². The Morgan fingerprint density at radius 3 is 1.47 bits per heavy atom. The fourth-order valence-corrected chi connectivity index (χ4v) is 4.18. The van der Waals surface area contributed by atoms with Crippen molar-refractivity contribution in [1.29, 1.82) is 0 Å². The van der Waals surface area contributed by atoms with Crippen LogP contribution in [0.15, 0.2) is 0 Å². The molecular formula is C27H53N7O10S3. The molecule has 5 amide bonds. The first-order chi connectivity index (χ1) is 22.6. The summed E-state index contributed by atoms with van der Waals surface area (Å²) in [6, 6.07) is -3.65. The average molecular weight is 732 g/mol. The van der Waals surface area contributed by atoms with Crippen molar-refractivity contribution in [3.05, 3.63) is 0 Å². The third kappa shape index (κ3) is 24.0.